The molecule has 0 spiro atoms. The van der Waals surface area contributed by atoms with Crippen LogP contribution in [0.5, 0.6) is 5.75 Å². The van der Waals surface area contributed by atoms with Crippen molar-refractivity contribution in [3.05, 3.63) is 96.4 Å². The van der Waals surface area contributed by atoms with Gasteiger partial charge < -0.3 is 9.47 Å². The maximum absolute atomic E-state index is 13.6. The maximum Gasteiger partial charge on any atom is 0.338 e. The fraction of sp³-hybridized carbons (Fsp3) is 0.269. The summed E-state index contributed by atoms with van der Waals surface area (Å²) in [6.07, 6.45) is 1.81. The van der Waals surface area contributed by atoms with Gasteiger partial charge in [0.05, 0.1) is 34.6 Å². The van der Waals surface area contributed by atoms with Gasteiger partial charge in [0.25, 0.3) is 5.56 Å². The van der Waals surface area contributed by atoms with Crippen LogP contribution >= 0.6 is 11.3 Å². The zero-order valence-corrected chi connectivity index (χ0v) is 20.2. The summed E-state index contributed by atoms with van der Waals surface area (Å²) in [7, 11) is 0. The van der Waals surface area contributed by atoms with Gasteiger partial charge >= 0.3 is 5.97 Å². The number of ether oxygens (including phenoxy) is 2. The molecular formula is C26H25FN2O4S. The van der Waals surface area contributed by atoms with E-state index in [0.29, 0.717) is 26.3 Å². The minimum absolute atomic E-state index is 0.0283. The smallest absolute Gasteiger partial charge is 0.338 e. The van der Waals surface area contributed by atoms with Crippen LogP contribution in [0.15, 0.2) is 69.6 Å². The summed E-state index contributed by atoms with van der Waals surface area (Å²) in [6, 6.07) is 12.5. The second-order valence-electron chi connectivity index (χ2n) is 8.09. The molecule has 2 heterocycles. The highest BCUT2D eigenvalue weighted by molar-refractivity contribution is 7.07. The number of halogens is 1. The summed E-state index contributed by atoms with van der Waals surface area (Å²) in [5.74, 6) is -0.245. The molecule has 0 N–H and O–H groups in total. The number of aromatic nitrogens is 1. The lowest BCUT2D eigenvalue weighted by atomic mass is 9.96. The van der Waals surface area contributed by atoms with Crippen molar-refractivity contribution in [3.8, 4) is 5.75 Å². The first-order chi connectivity index (χ1) is 16.3. The number of nitrogens with zero attached hydrogens (tertiary/aromatic N) is 2. The summed E-state index contributed by atoms with van der Waals surface area (Å²) in [5.41, 5.74) is 1.84. The van der Waals surface area contributed by atoms with E-state index in [1.54, 1.807) is 32.1 Å². The fourth-order valence-electron chi connectivity index (χ4n) is 3.85. The molecule has 1 aromatic heterocycles. The van der Waals surface area contributed by atoms with Crippen molar-refractivity contribution in [1.82, 2.24) is 4.57 Å². The summed E-state index contributed by atoms with van der Waals surface area (Å²) < 4.78 is 26.6. The summed E-state index contributed by atoms with van der Waals surface area (Å²) in [6.45, 7) is 7.51. The number of benzene rings is 2. The Bertz CT molecular complexity index is 1430. The molecule has 34 heavy (non-hydrogen) atoms. The summed E-state index contributed by atoms with van der Waals surface area (Å²) in [4.78, 5) is 31.4. The predicted molar refractivity (Wildman–Crippen MR) is 129 cm³/mol. The molecule has 2 aromatic carbocycles. The molecule has 1 aliphatic rings. The standard InChI is InChI=1S/C26H25FN2O4S/c1-5-32-25(31)22-16(4)28-26-29(23(22)18-9-11-19(27)12-10-18)24(30)21(34-26)14-17-7-6-8-20(13-17)33-15(2)3/h6-15,23H,5H2,1-4H3/b21-14-/t23-/m1/s1. The first kappa shape index (κ1) is 23.6. The van der Waals surface area contributed by atoms with E-state index in [2.05, 4.69) is 4.99 Å². The third-order valence-corrected chi connectivity index (χ3v) is 6.21. The normalized spacial score (nSPS) is 15.8. The lowest BCUT2D eigenvalue weighted by Gasteiger charge is -2.24. The van der Waals surface area contributed by atoms with Gasteiger partial charge in [-0.05, 0) is 69.2 Å². The van der Waals surface area contributed by atoms with Gasteiger partial charge in [-0.2, -0.15) is 0 Å². The Kier molecular flexibility index (Phi) is 6.79. The van der Waals surface area contributed by atoms with Crippen LogP contribution in [0.4, 0.5) is 4.39 Å². The van der Waals surface area contributed by atoms with E-state index >= 15 is 0 Å². The number of carbonyl (C=O) groups is 1. The van der Waals surface area contributed by atoms with Gasteiger partial charge in [-0.3, -0.25) is 9.36 Å². The van der Waals surface area contributed by atoms with E-state index in [0.717, 1.165) is 5.56 Å². The molecule has 0 saturated heterocycles. The molecule has 0 fully saturated rings. The minimum Gasteiger partial charge on any atom is -0.491 e. The SMILES string of the molecule is CCOC(=O)C1=C(C)N=c2s/c(=C\c3cccc(OC(C)C)c3)c(=O)n2[C@@H]1c1ccc(F)cc1. The molecule has 4 rings (SSSR count). The highest BCUT2D eigenvalue weighted by Gasteiger charge is 2.33. The molecule has 1 aliphatic heterocycles. The number of hydrogen-bond donors (Lipinski definition) is 0. The van der Waals surface area contributed by atoms with Crippen molar-refractivity contribution in [2.75, 3.05) is 6.61 Å². The van der Waals surface area contributed by atoms with Crippen LogP contribution in [0.2, 0.25) is 0 Å². The Morgan fingerprint density at radius 3 is 2.65 bits per heavy atom. The number of thiazole rings is 1. The van der Waals surface area contributed by atoms with Crippen LogP contribution < -0.4 is 19.6 Å². The first-order valence-corrected chi connectivity index (χ1v) is 11.8. The van der Waals surface area contributed by atoms with Crippen LogP contribution in [0.25, 0.3) is 6.08 Å². The second kappa shape index (κ2) is 9.77. The molecule has 8 heteroatoms. The van der Waals surface area contributed by atoms with Gasteiger partial charge in [-0.25, -0.2) is 14.2 Å². The van der Waals surface area contributed by atoms with Crippen molar-refractivity contribution in [1.29, 1.82) is 0 Å². The van der Waals surface area contributed by atoms with Gasteiger partial charge in [0.2, 0.25) is 0 Å². The van der Waals surface area contributed by atoms with Gasteiger partial charge in [0.15, 0.2) is 4.80 Å². The van der Waals surface area contributed by atoms with Crippen molar-refractivity contribution < 1.29 is 18.7 Å². The van der Waals surface area contributed by atoms with E-state index in [9.17, 15) is 14.0 Å². The van der Waals surface area contributed by atoms with Crippen molar-refractivity contribution in [2.45, 2.75) is 39.8 Å². The molecular weight excluding hydrogens is 455 g/mol. The van der Waals surface area contributed by atoms with E-state index in [1.165, 1.54) is 28.0 Å². The lowest BCUT2D eigenvalue weighted by molar-refractivity contribution is -0.139. The van der Waals surface area contributed by atoms with E-state index in [-0.39, 0.29) is 23.8 Å². The second-order valence-corrected chi connectivity index (χ2v) is 9.10. The van der Waals surface area contributed by atoms with E-state index in [1.807, 2.05) is 38.1 Å². The van der Waals surface area contributed by atoms with Crippen LogP contribution in [-0.2, 0) is 9.53 Å². The van der Waals surface area contributed by atoms with Crippen LogP contribution in [0.3, 0.4) is 0 Å². The van der Waals surface area contributed by atoms with Crippen molar-refractivity contribution >= 4 is 23.4 Å². The number of hydrogen-bond acceptors (Lipinski definition) is 6. The first-order valence-electron chi connectivity index (χ1n) is 11.0. The Morgan fingerprint density at radius 2 is 1.97 bits per heavy atom. The molecule has 1 atom stereocenters. The topological polar surface area (TPSA) is 69.9 Å². The summed E-state index contributed by atoms with van der Waals surface area (Å²) in [5, 5.41) is 0. The van der Waals surface area contributed by atoms with Crippen molar-refractivity contribution in [3.63, 3.8) is 0 Å². The molecule has 176 valence electrons. The molecule has 0 unspecified atom stereocenters. The van der Waals surface area contributed by atoms with Crippen LogP contribution in [0, 0.1) is 5.82 Å². The van der Waals surface area contributed by atoms with Gasteiger partial charge in [0.1, 0.15) is 11.6 Å². The van der Waals surface area contributed by atoms with Crippen molar-refractivity contribution in [2.24, 2.45) is 4.99 Å². The lowest BCUT2D eigenvalue weighted by Crippen LogP contribution is -2.39. The van der Waals surface area contributed by atoms with E-state index in [4.69, 9.17) is 9.47 Å². The third kappa shape index (κ3) is 4.72. The molecule has 0 bridgehead atoms. The number of esters is 1. The number of fused-ring (bicyclic) bond motifs is 1. The van der Waals surface area contributed by atoms with Crippen LogP contribution in [0.1, 0.15) is 44.9 Å². The monoisotopic (exact) mass is 480 g/mol. The van der Waals surface area contributed by atoms with E-state index < -0.39 is 17.8 Å². The van der Waals surface area contributed by atoms with Gasteiger partial charge in [-0.1, -0.05) is 35.6 Å². The quantitative estimate of drug-likeness (QED) is 0.504. The minimum atomic E-state index is -0.770. The van der Waals surface area contributed by atoms with Crippen LogP contribution in [-0.4, -0.2) is 23.2 Å². The fourth-order valence-corrected chi connectivity index (χ4v) is 4.90. The van der Waals surface area contributed by atoms with Gasteiger partial charge in [0, 0.05) is 0 Å². The largest absolute Gasteiger partial charge is 0.491 e. The molecule has 6 nitrogen and oxygen atoms in total. The Labute approximate surface area is 200 Å². The number of allylic oxidation sites excluding steroid dienone is 1. The zero-order chi connectivity index (χ0) is 24.4. The number of carbonyl (C=O) groups excluding carboxylic acids is 1. The average molecular weight is 481 g/mol. The highest BCUT2D eigenvalue weighted by Crippen LogP contribution is 2.30. The highest BCUT2D eigenvalue weighted by atomic mass is 32.1. The number of rotatable bonds is 6. The maximum atomic E-state index is 13.6. The zero-order valence-electron chi connectivity index (χ0n) is 19.4. The Balaban J connectivity index is 1.89. The summed E-state index contributed by atoms with van der Waals surface area (Å²) >= 11 is 1.24. The molecule has 0 aliphatic carbocycles. The average Bonchev–Trinajstić information content (AvgIpc) is 3.08. The molecule has 3 aromatic rings. The Hall–Kier alpha value is -3.52. The Morgan fingerprint density at radius 1 is 1.24 bits per heavy atom. The molecule has 0 saturated carbocycles. The van der Waals surface area contributed by atoms with Gasteiger partial charge in [-0.15, -0.1) is 0 Å². The third-order valence-electron chi connectivity index (χ3n) is 5.23. The predicted octanol–water partition coefficient (Wildman–Crippen LogP) is 3.72. The molecule has 0 amide bonds. The molecule has 0 radical (unpaired) electrons.